The number of nitrogens with zero attached hydrogens (tertiary/aromatic N) is 4. The fraction of sp³-hybridized carbons (Fsp3) is 0.400. The molecule has 2 fully saturated rings. The highest BCUT2D eigenvalue weighted by Crippen LogP contribution is 2.49. The summed E-state index contributed by atoms with van der Waals surface area (Å²) in [6, 6.07) is 10.4. The van der Waals surface area contributed by atoms with Crippen molar-refractivity contribution in [3.63, 3.8) is 0 Å². The molecule has 0 unspecified atom stereocenters. The van der Waals surface area contributed by atoms with Crippen molar-refractivity contribution in [1.29, 1.82) is 0 Å². The zero-order valence-corrected chi connectivity index (χ0v) is 23.2. The van der Waals surface area contributed by atoms with Gasteiger partial charge in [0.25, 0.3) is 12.3 Å². The van der Waals surface area contributed by atoms with Crippen LogP contribution in [0.25, 0.3) is 0 Å². The Morgan fingerprint density at radius 1 is 1.12 bits per heavy atom. The minimum Gasteiger partial charge on any atom is -0.353 e. The highest BCUT2D eigenvalue weighted by atomic mass is 35.5. The van der Waals surface area contributed by atoms with Crippen LogP contribution < -0.4 is 15.1 Å². The quantitative estimate of drug-likeness (QED) is 0.408. The first kappa shape index (κ1) is 27.5. The lowest BCUT2D eigenvalue weighted by Crippen LogP contribution is -2.64. The first-order valence-corrected chi connectivity index (χ1v) is 14.1. The number of rotatable bonds is 6. The molecule has 1 spiro atoms. The molecule has 4 heterocycles. The van der Waals surface area contributed by atoms with E-state index in [0.29, 0.717) is 38.3 Å². The number of halogens is 4. The van der Waals surface area contributed by atoms with Gasteiger partial charge in [0.1, 0.15) is 22.7 Å². The predicted molar refractivity (Wildman–Crippen MR) is 149 cm³/mol. The molecule has 41 heavy (non-hydrogen) atoms. The summed E-state index contributed by atoms with van der Waals surface area (Å²) in [5.41, 5.74) is 1.21. The van der Waals surface area contributed by atoms with E-state index in [1.165, 1.54) is 18.3 Å². The number of nitrogens with one attached hydrogen (secondary N) is 1. The van der Waals surface area contributed by atoms with Crippen molar-refractivity contribution < 1.29 is 22.8 Å². The van der Waals surface area contributed by atoms with E-state index in [1.807, 2.05) is 41.0 Å². The van der Waals surface area contributed by atoms with Gasteiger partial charge in [-0.15, -0.1) is 0 Å². The molecule has 0 bridgehead atoms. The van der Waals surface area contributed by atoms with Gasteiger partial charge in [-0.3, -0.25) is 14.6 Å². The van der Waals surface area contributed by atoms with Gasteiger partial charge in [-0.1, -0.05) is 29.8 Å². The predicted octanol–water partition coefficient (Wildman–Crippen LogP) is 5.61. The second kappa shape index (κ2) is 10.6. The monoisotopic (exact) mass is 583 g/mol. The Hall–Kier alpha value is -3.66. The number of para-hydroxylation sites is 1. The van der Waals surface area contributed by atoms with E-state index < -0.39 is 23.4 Å². The van der Waals surface area contributed by atoms with E-state index in [-0.39, 0.29) is 34.3 Å². The molecule has 11 heteroatoms. The van der Waals surface area contributed by atoms with E-state index in [4.69, 9.17) is 11.6 Å². The van der Waals surface area contributed by atoms with Crippen LogP contribution >= 0.6 is 11.6 Å². The number of hydrogen-bond acceptors (Lipinski definition) is 5. The van der Waals surface area contributed by atoms with E-state index in [0.717, 1.165) is 35.9 Å². The van der Waals surface area contributed by atoms with Crippen molar-refractivity contribution in [3.8, 4) is 0 Å². The Bertz CT molecular complexity index is 1510. The fourth-order valence-electron chi connectivity index (χ4n) is 6.52. The van der Waals surface area contributed by atoms with Crippen LogP contribution in [0.4, 0.5) is 24.7 Å². The summed E-state index contributed by atoms with van der Waals surface area (Å²) in [6.07, 6.45) is 2.33. The van der Waals surface area contributed by atoms with E-state index in [2.05, 4.69) is 15.3 Å². The normalized spacial score (nSPS) is 21.3. The summed E-state index contributed by atoms with van der Waals surface area (Å²) >= 11 is 5.90. The molecule has 7 nitrogen and oxygen atoms in total. The van der Waals surface area contributed by atoms with Crippen LogP contribution in [0.15, 0.2) is 48.8 Å². The lowest BCUT2D eigenvalue weighted by molar-refractivity contribution is -0.124. The summed E-state index contributed by atoms with van der Waals surface area (Å²) < 4.78 is 40.3. The number of pyridine rings is 2. The molecular weight excluding hydrogens is 555 g/mol. The summed E-state index contributed by atoms with van der Waals surface area (Å²) in [5.74, 6) is -0.00110. The number of benzene rings is 1. The number of hydrogen-bond donors (Lipinski definition) is 1. The lowest BCUT2D eigenvalue weighted by Gasteiger charge is -2.48. The molecule has 1 aliphatic carbocycles. The molecule has 1 aromatic carbocycles. The van der Waals surface area contributed by atoms with E-state index >= 15 is 0 Å². The van der Waals surface area contributed by atoms with Gasteiger partial charge in [0.2, 0.25) is 5.91 Å². The molecular formula is C30H29ClF3N5O2. The van der Waals surface area contributed by atoms with Crippen molar-refractivity contribution in [1.82, 2.24) is 15.3 Å². The SMILES string of the molecule is Cc1cc(F)cnc1N1CC2(C1)C(=O)N(C[C@H]1CC[C@H](NC(=O)c3cc(Cl)cnc3C(F)F)CC1)c1ccccc12. The largest absolute Gasteiger partial charge is 0.353 e. The van der Waals surface area contributed by atoms with Gasteiger partial charge in [-0.2, -0.15) is 0 Å². The summed E-state index contributed by atoms with van der Waals surface area (Å²) in [7, 11) is 0. The highest BCUT2D eigenvalue weighted by molar-refractivity contribution is 6.30. The molecule has 214 valence electrons. The van der Waals surface area contributed by atoms with Gasteiger partial charge < -0.3 is 15.1 Å². The van der Waals surface area contributed by atoms with Gasteiger partial charge in [0.05, 0.1) is 16.8 Å². The zero-order valence-electron chi connectivity index (χ0n) is 22.4. The minimum atomic E-state index is -2.88. The van der Waals surface area contributed by atoms with Crippen LogP contribution in [0, 0.1) is 18.7 Å². The number of anilines is 2. The van der Waals surface area contributed by atoms with Crippen molar-refractivity contribution in [2.24, 2.45) is 5.92 Å². The van der Waals surface area contributed by atoms with Gasteiger partial charge in [0, 0.05) is 37.6 Å². The second-order valence-corrected chi connectivity index (χ2v) is 11.7. The highest BCUT2D eigenvalue weighted by Gasteiger charge is 2.58. The Balaban J connectivity index is 1.10. The molecule has 2 aliphatic heterocycles. The number of carbonyl (C=O) groups excluding carboxylic acids is 2. The van der Waals surface area contributed by atoms with Gasteiger partial charge >= 0.3 is 0 Å². The van der Waals surface area contributed by atoms with E-state index in [9.17, 15) is 22.8 Å². The average molecular weight is 584 g/mol. The number of amides is 2. The third-order valence-corrected chi connectivity index (χ3v) is 8.77. The molecule has 2 aromatic heterocycles. The van der Waals surface area contributed by atoms with Crippen LogP contribution in [-0.2, 0) is 10.2 Å². The molecule has 0 radical (unpaired) electrons. The van der Waals surface area contributed by atoms with Crippen LogP contribution in [-0.4, -0.2) is 47.5 Å². The number of alkyl halides is 2. The average Bonchev–Trinajstić information content (AvgIpc) is 3.17. The molecule has 3 aromatic rings. The van der Waals surface area contributed by atoms with Crippen LogP contribution in [0.2, 0.25) is 5.02 Å². The maximum atomic E-state index is 13.9. The first-order valence-electron chi connectivity index (χ1n) is 13.7. The molecule has 2 amide bonds. The zero-order chi connectivity index (χ0) is 28.9. The lowest BCUT2D eigenvalue weighted by atomic mass is 9.74. The Morgan fingerprint density at radius 3 is 2.56 bits per heavy atom. The fourth-order valence-corrected chi connectivity index (χ4v) is 6.68. The minimum absolute atomic E-state index is 0.0677. The van der Waals surface area contributed by atoms with Crippen LogP contribution in [0.5, 0.6) is 0 Å². The van der Waals surface area contributed by atoms with Gasteiger partial charge in [0.15, 0.2) is 0 Å². The smallest absolute Gasteiger partial charge is 0.281 e. The van der Waals surface area contributed by atoms with Crippen LogP contribution in [0.1, 0.15) is 59.3 Å². The number of fused-ring (bicyclic) bond motifs is 2. The summed E-state index contributed by atoms with van der Waals surface area (Å²) in [5, 5.41) is 2.99. The third-order valence-electron chi connectivity index (χ3n) is 8.56. The van der Waals surface area contributed by atoms with E-state index in [1.54, 1.807) is 0 Å². The molecule has 3 aliphatic rings. The maximum absolute atomic E-state index is 13.9. The topological polar surface area (TPSA) is 78.4 Å². The first-order chi connectivity index (χ1) is 19.7. The van der Waals surface area contributed by atoms with Crippen LogP contribution in [0.3, 0.4) is 0 Å². The molecule has 6 rings (SSSR count). The third kappa shape index (κ3) is 4.92. The molecule has 1 saturated carbocycles. The number of aryl methyl sites for hydroxylation is 1. The van der Waals surface area contributed by atoms with Gasteiger partial charge in [-0.05, 0) is 67.9 Å². The van der Waals surface area contributed by atoms with Crippen molar-refractivity contribution >= 4 is 34.9 Å². The van der Waals surface area contributed by atoms with Crippen molar-refractivity contribution in [2.45, 2.75) is 50.5 Å². The Labute approximate surface area is 240 Å². The van der Waals surface area contributed by atoms with Crippen molar-refractivity contribution in [3.05, 3.63) is 82.0 Å². The summed E-state index contributed by atoms with van der Waals surface area (Å²) in [6.45, 7) is 3.35. The second-order valence-electron chi connectivity index (χ2n) is 11.2. The Kier molecular flexibility index (Phi) is 7.13. The number of aromatic nitrogens is 2. The maximum Gasteiger partial charge on any atom is 0.281 e. The Morgan fingerprint density at radius 2 is 1.85 bits per heavy atom. The molecule has 0 atom stereocenters. The summed E-state index contributed by atoms with van der Waals surface area (Å²) in [4.78, 5) is 38.5. The standard InChI is InChI=1S/C30H29ClF3N5O2/c1-17-10-20(32)13-36-27(17)38-15-30(16-38)23-4-2-3-5-24(23)39(29(30)41)14-18-6-8-21(9-7-18)37-28(40)22-11-19(31)12-35-25(22)26(33)34/h2-5,10-13,18,21,26H,6-9,14-16H2,1H3,(H,37,40)/t18-,21-. The molecule has 1 saturated heterocycles. The van der Waals surface area contributed by atoms with Gasteiger partial charge in [-0.25, -0.2) is 18.2 Å². The van der Waals surface area contributed by atoms with Crippen molar-refractivity contribution in [2.75, 3.05) is 29.4 Å². The molecule has 1 N–H and O–H groups in total. The number of carbonyl (C=O) groups is 2.